The fourth-order valence-corrected chi connectivity index (χ4v) is 3.33. The minimum absolute atomic E-state index is 0.229. The van der Waals surface area contributed by atoms with Crippen LogP contribution in [-0.2, 0) is 13.0 Å². The van der Waals surface area contributed by atoms with Crippen LogP contribution in [0.15, 0.2) is 18.3 Å². The van der Waals surface area contributed by atoms with Gasteiger partial charge in [0.25, 0.3) is 0 Å². The molecule has 0 aromatic carbocycles. The predicted octanol–water partition coefficient (Wildman–Crippen LogP) is 3.36. The Labute approximate surface area is 133 Å². The second-order valence-electron chi connectivity index (χ2n) is 7.97. The van der Waals surface area contributed by atoms with Gasteiger partial charge in [0.15, 0.2) is 5.65 Å². The van der Waals surface area contributed by atoms with E-state index in [1.807, 2.05) is 12.3 Å². The van der Waals surface area contributed by atoms with Crippen LogP contribution in [0.4, 0.5) is 0 Å². The molecule has 4 nitrogen and oxygen atoms in total. The van der Waals surface area contributed by atoms with E-state index in [2.05, 4.69) is 48.3 Å². The Kier molecular flexibility index (Phi) is 4.22. The fourth-order valence-electron chi connectivity index (χ4n) is 3.33. The van der Waals surface area contributed by atoms with Crippen LogP contribution in [0.5, 0.6) is 0 Å². The molecule has 2 aromatic heterocycles. The van der Waals surface area contributed by atoms with Crippen molar-refractivity contribution in [3.63, 3.8) is 0 Å². The molecular formula is C18H28N4. The average molecular weight is 300 g/mol. The van der Waals surface area contributed by atoms with E-state index in [0.717, 1.165) is 30.0 Å². The van der Waals surface area contributed by atoms with Gasteiger partial charge in [-0.15, -0.1) is 0 Å². The highest BCUT2D eigenvalue weighted by Crippen LogP contribution is 2.26. The number of pyridine rings is 1. The quantitative estimate of drug-likeness (QED) is 0.871. The predicted molar refractivity (Wildman–Crippen MR) is 90.9 cm³/mol. The highest BCUT2D eigenvalue weighted by atomic mass is 15.1. The van der Waals surface area contributed by atoms with E-state index < -0.39 is 0 Å². The van der Waals surface area contributed by atoms with Crippen LogP contribution in [0.3, 0.4) is 0 Å². The van der Waals surface area contributed by atoms with Crippen molar-refractivity contribution in [1.29, 1.82) is 0 Å². The van der Waals surface area contributed by atoms with Crippen molar-refractivity contribution in [2.24, 2.45) is 11.3 Å². The van der Waals surface area contributed by atoms with Crippen molar-refractivity contribution < 1.29 is 0 Å². The molecule has 0 saturated carbocycles. The molecule has 120 valence electrons. The molecule has 2 aromatic rings. The summed E-state index contributed by atoms with van der Waals surface area (Å²) in [6, 6.07) is 4.07. The summed E-state index contributed by atoms with van der Waals surface area (Å²) in [5.41, 5.74) is 2.31. The molecule has 0 bridgehead atoms. The Balaban J connectivity index is 1.89. The van der Waals surface area contributed by atoms with Crippen molar-refractivity contribution in [3.8, 4) is 0 Å². The summed E-state index contributed by atoms with van der Waals surface area (Å²) in [6.07, 6.45) is 5.52. The highest BCUT2D eigenvalue weighted by molar-refractivity contribution is 5.71. The van der Waals surface area contributed by atoms with Gasteiger partial charge in [0, 0.05) is 19.2 Å². The normalized spacial score (nSPS) is 18.2. The summed E-state index contributed by atoms with van der Waals surface area (Å²) in [5.74, 6) is 1.98. The minimum Gasteiger partial charge on any atom is -0.312 e. The summed E-state index contributed by atoms with van der Waals surface area (Å²) < 4.78 is 2.35. The molecule has 0 N–H and O–H groups in total. The first-order valence-electron chi connectivity index (χ1n) is 8.41. The summed E-state index contributed by atoms with van der Waals surface area (Å²) in [4.78, 5) is 11.9. The molecule has 1 saturated heterocycles. The lowest BCUT2D eigenvalue weighted by atomic mass is 9.93. The highest BCUT2D eigenvalue weighted by Gasteiger charge is 2.23. The van der Waals surface area contributed by atoms with E-state index in [4.69, 9.17) is 4.98 Å². The number of hydrogen-bond donors (Lipinski definition) is 0. The monoisotopic (exact) mass is 300 g/mol. The second kappa shape index (κ2) is 5.99. The topological polar surface area (TPSA) is 34.0 Å². The molecule has 0 atom stereocenters. The van der Waals surface area contributed by atoms with Crippen LogP contribution >= 0.6 is 0 Å². The van der Waals surface area contributed by atoms with Crippen LogP contribution in [0.25, 0.3) is 11.2 Å². The van der Waals surface area contributed by atoms with E-state index in [9.17, 15) is 0 Å². The Morgan fingerprint density at radius 2 is 1.95 bits per heavy atom. The van der Waals surface area contributed by atoms with E-state index in [1.54, 1.807) is 0 Å². The van der Waals surface area contributed by atoms with Gasteiger partial charge in [-0.25, -0.2) is 9.97 Å². The van der Waals surface area contributed by atoms with Crippen LogP contribution < -0.4 is 0 Å². The Morgan fingerprint density at radius 1 is 1.23 bits per heavy atom. The van der Waals surface area contributed by atoms with Gasteiger partial charge in [0.05, 0.1) is 0 Å². The van der Waals surface area contributed by atoms with Crippen molar-refractivity contribution in [1.82, 2.24) is 19.4 Å². The zero-order chi connectivity index (χ0) is 15.7. The van der Waals surface area contributed by atoms with E-state index >= 15 is 0 Å². The van der Waals surface area contributed by atoms with E-state index in [-0.39, 0.29) is 5.41 Å². The molecule has 4 heteroatoms. The fraction of sp³-hybridized carbons (Fsp3) is 0.667. The average Bonchev–Trinajstić information content (AvgIpc) is 2.78. The first-order chi connectivity index (χ1) is 10.4. The third-order valence-corrected chi connectivity index (χ3v) is 4.52. The summed E-state index contributed by atoms with van der Waals surface area (Å²) in [6.45, 7) is 10.2. The van der Waals surface area contributed by atoms with Gasteiger partial charge >= 0.3 is 0 Å². The van der Waals surface area contributed by atoms with Crippen LogP contribution in [0.1, 0.15) is 39.4 Å². The van der Waals surface area contributed by atoms with Gasteiger partial charge in [-0.3, -0.25) is 0 Å². The number of piperidine rings is 1. The SMILES string of the molecule is CN1CCC(Cc2nc3cccnc3n2CC(C)(C)C)CC1. The molecule has 1 aliphatic heterocycles. The molecule has 3 heterocycles. The number of rotatable bonds is 3. The maximum absolute atomic E-state index is 4.90. The van der Waals surface area contributed by atoms with Crippen molar-refractivity contribution in [2.45, 2.75) is 46.6 Å². The lowest BCUT2D eigenvalue weighted by molar-refractivity contribution is 0.215. The van der Waals surface area contributed by atoms with Crippen LogP contribution in [0.2, 0.25) is 0 Å². The molecule has 0 aliphatic carbocycles. The third kappa shape index (κ3) is 3.49. The molecule has 0 radical (unpaired) electrons. The molecular weight excluding hydrogens is 272 g/mol. The van der Waals surface area contributed by atoms with Crippen LogP contribution in [0, 0.1) is 11.3 Å². The molecule has 0 spiro atoms. The number of hydrogen-bond acceptors (Lipinski definition) is 3. The smallest absolute Gasteiger partial charge is 0.160 e. The van der Waals surface area contributed by atoms with E-state index in [1.165, 1.54) is 31.8 Å². The van der Waals surface area contributed by atoms with E-state index in [0.29, 0.717) is 0 Å². The van der Waals surface area contributed by atoms with Crippen molar-refractivity contribution in [2.75, 3.05) is 20.1 Å². The Morgan fingerprint density at radius 3 is 2.64 bits per heavy atom. The number of nitrogens with zero attached hydrogens (tertiary/aromatic N) is 4. The van der Waals surface area contributed by atoms with Crippen LogP contribution in [-0.4, -0.2) is 39.6 Å². The zero-order valence-corrected chi connectivity index (χ0v) is 14.3. The third-order valence-electron chi connectivity index (χ3n) is 4.52. The van der Waals surface area contributed by atoms with Gasteiger partial charge in [0.1, 0.15) is 11.3 Å². The molecule has 22 heavy (non-hydrogen) atoms. The first-order valence-corrected chi connectivity index (χ1v) is 8.41. The lowest BCUT2D eigenvalue weighted by Crippen LogP contribution is -2.31. The Hall–Kier alpha value is -1.42. The summed E-state index contributed by atoms with van der Waals surface area (Å²) in [7, 11) is 2.22. The molecule has 0 amide bonds. The van der Waals surface area contributed by atoms with Gasteiger partial charge < -0.3 is 9.47 Å². The van der Waals surface area contributed by atoms with Gasteiger partial charge in [-0.1, -0.05) is 20.8 Å². The largest absolute Gasteiger partial charge is 0.312 e. The summed E-state index contributed by atoms with van der Waals surface area (Å²) >= 11 is 0. The lowest BCUT2D eigenvalue weighted by Gasteiger charge is -2.29. The molecule has 0 unspecified atom stereocenters. The van der Waals surface area contributed by atoms with Gasteiger partial charge in [-0.2, -0.15) is 0 Å². The number of fused-ring (bicyclic) bond motifs is 1. The summed E-state index contributed by atoms with van der Waals surface area (Å²) in [5, 5.41) is 0. The van der Waals surface area contributed by atoms with Crippen molar-refractivity contribution in [3.05, 3.63) is 24.2 Å². The zero-order valence-electron chi connectivity index (χ0n) is 14.3. The first kappa shape index (κ1) is 15.5. The van der Waals surface area contributed by atoms with Crippen molar-refractivity contribution >= 4 is 11.2 Å². The number of likely N-dealkylation sites (tertiary alicyclic amines) is 1. The van der Waals surface area contributed by atoms with Gasteiger partial charge in [0.2, 0.25) is 0 Å². The standard InChI is InChI=1S/C18H28N4/c1-18(2,3)13-22-16(12-14-7-10-21(4)11-8-14)20-15-6-5-9-19-17(15)22/h5-6,9,14H,7-8,10-13H2,1-4H3. The second-order valence-corrected chi connectivity index (χ2v) is 7.97. The molecule has 1 aliphatic rings. The number of imidazole rings is 1. The molecule has 1 fully saturated rings. The van der Waals surface area contributed by atoms with Gasteiger partial charge in [-0.05, 0) is 56.4 Å². The minimum atomic E-state index is 0.229. The maximum atomic E-state index is 4.90. The number of aromatic nitrogens is 3. The Bertz CT molecular complexity index is 630. The molecule has 3 rings (SSSR count). The maximum Gasteiger partial charge on any atom is 0.160 e.